The van der Waals surface area contributed by atoms with Crippen molar-refractivity contribution in [3.63, 3.8) is 0 Å². The molecule has 0 spiro atoms. The Balaban J connectivity index is 1.67. The molecule has 7 nitrogen and oxygen atoms in total. The third-order valence-corrected chi connectivity index (χ3v) is 7.19. The number of carboxylic acids is 1. The van der Waals surface area contributed by atoms with E-state index in [2.05, 4.69) is 34.1 Å². The minimum Gasteiger partial charge on any atom is -0.497 e. The van der Waals surface area contributed by atoms with Gasteiger partial charge in [-0.25, -0.2) is 5.01 Å². The van der Waals surface area contributed by atoms with Crippen molar-refractivity contribution in [3.05, 3.63) is 94.1 Å². The van der Waals surface area contributed by atoms with Crippen LogP contribution < -0.4 is 4.74 Å². The predicted molar refractivity (Wildman–Crippen MR) is 150 cm³/mol. The van der Waals surface area contributed by atoms with Crippen LogP contribution in [0.5, 0.6) is 5.75 Å². The molecular formula is C30H26BrN3O4. The molecule has 1 amide bonds. The second kappa shape index (κ2) is 10.8. The molecule has 2 heterocycles. The largest absolute Gasteiger partial charge is 0.497 e. The van der Waals surface area contributed by atoms with Gasteiger partial charge in [-0.2, -0.15) is 5.10 Å². The van der Waals surface area contributed by atoms with Crippen molar-refractivity contribution >= 4 is 44.4 Å². The van der Waals surface area contributed by atoms with Gasteiger partial charge in [-0.3, -0.25) is 14.6 Å². The molecule has 1 N–H and O–H groups in total. The fraction of sp³-hybridized carbons (Fsp3) is 0.200. The van der Waals surface area contributed by atoms with Crippen molar-refractivity contribution in [1.29, 1.82) is 0 Å². The molecule has 0 aliphatic carbocycles. The molecule has 4 aromatic rings. The van der Waals surface area contributed by atoms with E-state index in [0.29, 0.717) is 12.2 Å². The molecule has 1 atom stereocenters. The SMILES string of the molecule is COc1ccc([C@@H]2CC(c3c(C)nc4ccc(Br)cc4c3-c3ccccc3)=NN2C(=O)CCC(=O)O)cc1. The zero-order valence-corrected chi connectivity index (χ0v) is 22.6. The Morgan fingerprint density at radius 3 is 2.45 bits per heavy atom. The van der Waals surface area contributed by atoms with Gasteiger partial charge in [0.05, 0.1) is 30.8 Å². The summed E-state index contributed by atoms with van der Waals surface area (Å²) in [5.74, 6) is -0.643. The van der Waals surface area contributed by atoms with E-state index in [9.17, 15) is 9.59 Å². The fourth-order valence-electron chi connectivity index (χ4n) is 4.92. The number of hydrogen-bond donors (Lipinski definition) is 1. The standard InChI is InChI=1S/C30H26BrN3O4/c1-18-29(30(20-6-4-3-5-7-20)23-16-21(31)10-13-24(23)32-18)25-17-26(19-8-11-22(38-2)12-9-19)34(33-25)27(35)14-15-28(36)37/h3-13,16,26H,14-15,17H2,1-2H3,(H,36,37)/t26-/m0/s1. The minimum absolute atomic E-state index is 0.133. The molecule has 1 aliphatic heterocycles. The summed E-state index contributed by atoms with van der Waals surface area (Å²) in [5, 5.41) is 16.4. The third kappa shape index (κ3) is 5.04. The van der Waals surface area contributed by atoms with Crippen LogP contribution in [-0.2, 0) is 9.59 Å². The van der Waals surface area contributed by atoms with Crippen molar-refractivity contribution in [2.24, 2.45) is 5.10 Å². The summed E-state index contributed by atoms with van der Waals surface area (Å²) in [4.78, 5) is 29.3. The first-order valence-corrected chi connectivity index (χ1v) is 13.1. The molecule has 1 aromatic heterocycles. The van der Waals surface area contributed by atoms with E-state index in [1.807, 2.05) is 61.5 Å². The molecule has 0 saturated carbocycles. The Labute approximate surface area is 228 Å². The van der Waals surface area contributed by atoms with Crippen molar-refractivity contribution < 1.29 is 19.4 Å². The van der Waals surface area contributed by atoms with E-state index < -0.39 is 5.97 Å². The molecule has 0 saturated heterocycles. The number of pyridine rings is 1. The number of halogens is 1. The number of hydrazone groups is 1. The lowest BCUT2D eigenvalue weighted by molar-refractivity contribution is -0.141. The van der Waals surface area contributed by atoms with Crippen LogP contribution in [0.2, 0.25) is 0 Å². The lowest BCUT2D eigenvalue weighted by Crippen LogP contribution is -2.27. The van der Waals surface area contributed by atoms with E-state index in [4.69, 9.17) is 19.9 Å². The van der Waals surface area contributed by atoms with Crippen LogP contribution in [0.15, 0.2) is 82.4 Å². The van der Waals surface area contributed by atoms with Crippen LogP contribution >= 0.6 is 15.9 Å². The number of aryl methyl sites for hydroxylation is 1. The average Bonchev–Trinajstić information content (AvgIpc) is 3.37. The maximum absolute atomic E-state index is 13.2. The number of hydrogen-bond acceptors (Lipinski definition) is 5. The lowest BCUT2D eigenvalue weighted by Gasteiger charge is -2.22. The van der Waals surface area contributed by atoms with Gasteiger partial charge in [-0.1, -0.05) is 58.4 Å². The van der Waals surface area contributed by atoms with E-state index in [1.165, 1.54) is 5.01 Å². The zero-order chi connectivity index (χ0) is 26.8. The maximum atomic E-state index is 13.2. The highest BCUT2D eigenvalue weighted by Crippen LogP contribution is 2.40. The fourth-order valence-corrected chi connectivity index (χ4v) is 5.28. The highest BCUT2D eigenvalue weighted by molar-refractivity contribution is 9.10. The van der Waals surface area contributed by atoms with Gasteiger partial charge >= 0.3 is 5.97 Å². The van der Waals surface area contributed by atoms with Gasteiger partial charge in [-0.05, 0) is 48.4 Å². The van der Waals surface area contributed by atoms with Crippen molar-refractivity contribution in [1.82, 2.24) is 9.99 Å². The van der Waals surface area contributed by atoms with Crippen molar-refractivity contribution in [2.75, 3.05) is 7.11 Å². The summed E-state index contributed by atoms with van der Waals surface area (Å²) in [5.41, 5.74) is 6.22. The number of ether oxygens (including phenoxy) is 1. The number of aromatic nitrogens is 1. The number of carbonyl (C=O) groups excluding carboxylic acids is 1. The number of benzene rings is 3. The Morgan fingerprint density at radius 2 is 1.76 bits per heavy atom. The zero-order valence-electron chi connectivity index (χ0n) is 21.0. The van der Waals surface area contributed by atoms with Gasteiger partial charge in [0, 0.05) is 39.5 Å². The summed E-state index contributed by atoms with van der Waals surface area (Å²) in [7, 11) is 1.60. The van der Waals surface area contributed by atoms with Crippen molar-refractivity contribution in [3.8, 4) is 16.9 Å². The number of carboxylic acid groups (broad SMARTS) is 1. The number of carbonyl (C=O) groups is 2. The van der Waals surface area contributed by atoms with Gasteiger partial charge in [0.2, 0.25) is 5.91 Å². The highest BCUT2D eigenvalue weighted by atomic mass is 79.9. The second-order valence-electron chi connectivity index (χ2n) is 9.15. The molecule has 38 heavy (non-hydrogen) atoms. The van der Waals surface area contributed by atoms with Gasteiger partial charge < -0.3 is 9.84 Å². The van der Waals surface area contributed by atoms with E-state index in [0.717, 1.165) is 49.0 Å². The number of aliphatic carboxylic acids is 1. The summed E-state index contributed by atoms with van der Waals surface area (Å²) in [6, 6.07) is 23.3. The molecule has 0 radical (unpaired) electrons. The Kier molecular flexibility index (Phi) is 7.24. The topological polar surface area (TPSA) is 92.1 Å². The number of nitrogens with zero attached hydrogens (tertiary/aromatic N) is 3. The van der Waals surface area contributed by atoms with Crippen LogP contribution in [0.25, 0.3) is 22.0 Å². The predicted octanol–water partition coefficient (Wildman–Crippen LogP) is 6.52. The van der Waals surface area contributed by atoms with Gasteiger partial charge in [0.25, 0.3) is 0 Å². The number of methoxy groups -OCH3 is 1. The molecular weight excluding hydrogens is 546 g/mol. The number of fused-ring (bicyclic) bond motifs is 1. The summed E-state index contributed by atoms with van der Waals surface area (Å²) < 4.78 is 6.24. The first-order valence-electron chi connectivity index (χ1n) is 12.3. The molecule has 1 aliphatic rings. The smallest absolute Gasteiger partial charge is 0.303 e. The summed E-state index contributed by atoms with van der Waals surface area (Å²) >= 11 is 3.61. The Bertz CT molecular complexity index is 1550. The minimum atomic E-state index is -1.02. The Hall–Kier alpha value is -4.04. The van der Waals surface area contributed by atoms with Gasteiger partial charge in [0.1, 0.15) is 5.75 Å². The summed E-state index contributed by atoms with van der Waals surface area (Å²) in [6.07, 6.45) is 0.0780. The number of amides is 1. The van der Waals surface area contributed by atoms with E-state index in [-0.39, 0.29) is 24.8 Å². The summed E-state index contributed by atoms with van der Waals surface area (Å²) in [6.45, 7) is 1.96. The van der Waals surface area contributed by atoms with E-state index >= 15 is 0 Å². The molecule has 0 bridgehead atoms. The Morgan fingerprint density at radius 1 is 1.03 bits per heavy atom. The molecule has 8 heteroatoms. The third-order valence-electron chi connectivity index (χ3n) is 6.70. The quantitative estimate of drug-likeness (QED) is 0.272. The van der Waals surface area contributed by atoms with Gasteiger partial charge in [0.15, 0.2) is 0 Å². The molecule has 3 aromatic carbocycles. The van der Waals surface area contributed by atoms with Crippen molar-refractivity contribution in [2.45, 2.75) is 32.2 Å². The van der Waals surface area contributed by atoms with Crippen LogP contribution in [0.3, 0.4) is 0 Å². The molecule has 0 fully saturated rings. The molecule has 192 valence electrons. The maximum Gasteiger partial charge on any atom is 0.303 e. The van der Waals surface area contributed by atoms with Gasteiger partial charge in [-0.15, -0.1) is 0 Å². The van der Waals surface area contributed by atoms with Crippen LogP contribution in [-0.4, -0.2) is 39.8 Å². The van der Waals surface area contributed by atoms with Crippen LogP contribution in [0.1, 0.15) is 42.1 Å². The lowest BCUT2D eigenvalue weighted by atomic mass is 9.89. The molecule has 0 unspecified atom stereocenters. The number of rotatable bonds is 7. The van der Waals surface area contributed by atoms with E-state index in [1.54, 1.807) is 7.11 Å². The highest BCUT2D eigenvalue weighted by Gasteiger charge is 2.35. The normalized spacial score (nSPS) is 15.0. The van der Waals surface area contributed by atoms with Crippen LogP contribution in [0.4, 0.5) is 0 Å². The average molecular weight is 572 g/mol. The first kappa shape index (κ1) is 25.6. The van der Waals surface area contributed by atoms with Crippen LogP contribution in [0, 0.1) is 6.92 Å². The second-order valence-corrected chi connectivity index (χ2v) is 10.1. The first-order chi connectivity index (χ1) is 18.4. The molecule has 5 rings (SSSR count). The monoisotopic (exact) mass is 571 g/mol.